The van der Waals surface area contributed by atoms with E-state index in [1.54, 1.807) is 18.2 Å². The van der Waals surface area contributed by atoms with Crippen molar-refractivity contribution in [3.63, 3.8) is 0 Å². The van der Waals surface area contributed by atoms with Crippen molar-refractivity contribution in [2.24, 2.45) is 5.92 Å². The number of amides is 2. The molecule has 2 fully saturated rings. The van der Waals surface area contributed by atoms with Gasteiger partial charge in [-0.05, 0) is 24.8 Å². The van der Waals surface area contributed by atoms with Crippen LogP contribution in [-0.2, 0) is 4.79 Å². The minimum atomic E-state index is -3.13. The molecule has 3 rings (SSSR count). The molecular formula is C21H22F4N4O2. The third-order valence-corrected chi connectivity index (χ3v) is 5.55. The molecule has 10 heteroatoms. The van der Waals surface area contributed by atoms with Crippen molar-refractivity contribution < 1.29 is 27.2 Å². The van der Waals surface area contributed by atoms with Crippen LogP contribution < -0.4 is 5.32 Å². The standard InChI is InChI=1S/C21H22F4N4O2/c22-20(23)6-3-14(4-7-20)1-2-15-11-27-8-5-17(15)19(31)28-12-18(30)29-13-21(24,25)9-16(29)10-26/h1-2,5,8,11,14,16H,3-4,6-7,9,12-13H2,(H,28,31)/b2-1+/t16-/m0/s1. The van der Waals surface area contributed by atoms with Gasteiger partial charge in [0.2, 0.25) is 11.8 Å². The third-order valence-electron chi connectivity index (χ3n) is 5.55. The number of pyridine rings is 1. The van der Waals surface area contributed by atoms with Crippen LogP contribution in [-0.4, -0.2) is 52.7 Å². The molecule has 1 aliphatic carbocycles. The van der Waals surface area contributed by atoms with Crippen molar-refractivity contribution in [2.45, 2.75) is 50.0 Å². The number of halogens is 4. The highest BCUT2D eigenvalue weighted by Gasteiger charge is 2.47. The number of nitriles is 1. The Morgan fingerprint density at radius 2 is 1.97 bits per heavy atom. The maximum absolute atomic E-state index is 13.5. The van der Waals surface area contributed by atoms with Gasteiger partial charge in [0.05, 0.1) is 19.2 Å². The van der Waals surface area contributed by atoms with Crippen LogP contribution in [0.1, 0.15) is 48.0 Å². The molecular weight excluding hydrogens is 416 g/mol. The van der Waals surface area contributed by atoms with Crippen LogP contribution in [0.5, 0.6) is 0 Å². The SMILES string of the molecule is N#C[C@@H]1CC(F)(F)CN1C(=O)CNC(=O)c1ccncc1/C=C/C1CCC(F)(F)CC1. The first-order chi connectivity index (χ1) is 14.6. The lowest BCUT2D eigenvalue weighted by atomic mass is 9.86. The van der Waals surface area contributed by atoms with E-state index in [0.717, 1.165) is 4.90 Å². The molecule has 166 valence electrons. The number of carbonyl (C=O) groups excluding carboxylic acids is 2. The van der Waals surface area contributed by atoms with Crippen molar-refractivity contribution in [1.29, 1.82) is 5.26 Å². The van der Waals surface area contributed by atoms with E-state index in [0.29, 0.717) is 18.4 Å². The number of hydrogen-bond donors (Lipinski definition) is 1. The summed E-state index contributed by atoms with van der Waals surface area (Å²) in [5.41, 5.74) is 0.663. The van der Waals surface area contributed by atoms with Gasteiger partial charge in [-0.2, -0.15) is 5.26 Å². The number of allylic oxidation sites excluding steroid dienone is 1. The molecule has 31 heavy (non-hydrogen) atoms. The van der Waals surface area contributed by atoms with Crippen molar-refractivity contribution in [3.8, 4) is 6.07 Å². The summed E-state index contributed by atoms with van der Waals surface area (Å²) in [6.07, 6.45) is 5.87. The minimum Gasteiger partial charge on any atom is -0.343 e. The molecule has 2 aliphatic rings. The summed E-state index contributed by atoms with van der Waals surface area (Å²) in [7, 11) is 0. The van der Waals surface area contributed by atoms with Gasteiger partial charge >= 0.3 is 0 Å². The first-order valence-corrected chi connectivity index (χ1v) is 9.95. The molecule has 1 N–H and O–H groups in total. The summed E-state index contributed by atoms with van der Waals surface area (Å²) in [6.45, 7) is -1.39. The summed E-state index contributed by atoms with van der Waals surface area (Å²) in [5, 5.41) is 11.4. The number of hydrogen-bond acceptors (Lipinski definition) is 4. The summed E-state index contributed by atoms with van der Waals surface area (Å²) in [6, 6.07) is 1.89. The molecule has 1 aromatic rings. The van der Waals surface area contributed by atoms with E-state index in [2.05, 4.69) is 10.3 Å². The molecule has 1 atom stereocenters. The number of aromatic nitrogens is 1. The second kappa shape index (κ2) is 9.04. The van der Waals surface area contributed by atoms with E-state index >= 15 is 0 Å². The highest BCUT2D eigenvalue weighted by atomic mass is 19.3. The molecule has 1 saturated heterocycles. The van der Waals surface area contributed by atoms with E-state index < -0.39 is 49.2 Å². The Kier molecular flexibility index (Phi) is 6.62. The Hall–Kier alpha value is -2.96. The van der Waals surface area contributed by atoms with E-state index in [4.69, 9.17) is 5.26 Å². The lowest BCUT2D eigenvalue weighted by Gasteiger charge is -2.26. The second-order valence-electron chi connectivity index (χ2n) is 7.92. The number of alkyl halides is 4. The molecule has 0 unspecified atom stereocenters. The molecule has 1 aliphatic heterocycles. The van der Waals surface area contributed by atoms with E-state index in [-0.39, 0.29) is 24.3 Å². The fourth-order valence-electron chi connectivity index (χ4n) is 3.79. The monoisotopic (exact) mass is 438 g/mol. The van der Waals surface area contributed by atoms with Crippen molar-refractivity contribution in [1.82, 2.24) is 15.2 Å². The lowest BCUT2D eigenvalue weighted by molar-refractivity contribution is -0.131. The average molecular weight is 438 g/mol. The third kappa shape index (κ3) is 5.81. The van der Waals surface area contributed by atoms with Crippen LogP contribution in [0.2, 0.25) is 0 Å². The Bertz CT molecular complexity index is 903. The second-order valence-corrected chi connectivity index (χ2v) is 7.92. The van der Waals surface area contributed by atoms with Gasteiger partial charge < -0.3 is 10.2 Å². The first kappa shape index (κ1) is 22.7. The van der Waals surface area contributed by atoms with Gasteiger partial charge in [-0.3, -0.25) is 14.6 Å². The van der Waals surface area contributed by atoms with Crippen LogP contribution in [0.25, 0.3) is 6.08 Å². The summed E-state index contributed by atoms with van der Waals surface area (Å²) in [4.78, 5) is 29.5. The fourth-order valence-corrected chi connectivity index (χ4v) is 3.79. The number of rotatable bonds is 5. The number of nitrogens with one attached hydrogen (secondary N) is 1. The molecule has 1 saturated carbocycles. The number of carbonyl (C=O) groups is 2. The summed E-state index contributed by atoms with van der Waals surface area (Å²) < 4.78 is 53.6. The molecule has 0 bridgehead atoms. The van der Waals surface area contributed by atoms with Gasteiger partial charge in [0.15, 0.2) is 0 Å². The van der Waals surface area contributed by atoms with Gasteiger partial charge in [-0.1, -0.05) is 12.2 Å². The van der Waals surface area contributed by atoms with Crippen LogP contribution in [0.15, 0.2) is 24.5 Å². The highest BCUT2D eigenvalue weighted by Crippen LogP contribution is 2.37. The van der Waals surface area contributed by atoms with Gasteiger partial charge in [0.25, 0.3) is 11.8 Å². The predicted molar refractivity (Wildman–Crippen MR) is 103 cm³/mol. The highest BCUT2D eigenvalue weighted by molar-refractivity contribution is 5.99. The zero-order chi connectivity index (χ0) is 22.6. The molecule has 2 heterocycles. The van der Waals surface area contributed by atoms with Gasteiger partial charge in [0, 0.05) is 42.8 Å². The molecule has 0 aromatic carbocycles. The zero-order valence-electron chi connectivity index (χ0n) is 16.7. The quantitative estimate of drug-likeness (QED) is 0.714. The van der Waals surface area contributed by atoms with Gasteiger partial charge in [0.1, 0.15) is 6.04 Å². The van der Waals surface area contributed by atoms with Crippen LogP contribution >= 0.6 is 0 Å². The Balaban J connectivity index is 1.61. The van der Waals surface area contributed by atoms with Gasteiger partial charge in [-0.25, -0.2) is 17.6 Å². The normalized spacial score (nSPS) is 22.9. The van der Waals surface area contributed by atoms with Crippen LogP contribution in [0, 0.1) is 17.2 Å². The van der Waals surface area contributed by atoms with E-state index in [1.807, 2.05) is 0 Å². The van der Waals surface area contributed by atoms with Crippen molar-refractivity contribution >= 4 is 17.9 Å². The Labute approximate surface area is 176 Å². The molecule has 2 amide bonds. The zero-order valence-corrected chi connectivity index (χ0v) is 16.7. The molecule has 6 nitrogen and oxygen atoms in total. The number of nitrogens with zero attached hydrogens (tertiary/aromatic N) is 3. The Morgan fingerprint density at radius 3 is 2.65 bits per heavy atom. The van der Waals surface area contributed by atoms with Crippen molar-refractivity contribution in [3.05, 3.63) is 35.7 Å². The van der Waals surface area contributed by atoms with Crippen molar-refractivity contribution in [2.75, 3.05) is 13.1 Å². The van der Waals surface area contributed by atoms with E-state index in [1.165, 1.54) is 18.5 Å². The smallest absolute Gasteiger partial charge is 0.268 e. The molecule has 1 aromatic heterocycles. The van der Waals surface area contributed by atoms with Crippen LogP contribution in [0.3, 0.4) is 0 Å². The minimum absolute atomic E-state index is 0.0305. The predicted octanol–water partition coefficient (Wildman–Crippen LogP) is 3.41. The summed E-state index contributed by atoms with van der Waals surface area (Å²) >= 11 is 0. The Morgan fingerprint density at radius 1 is 1.26 bits per heavy atom. The number of likely N-dealkylation sites (tertiary alicyclic amines) is 1. The molecule has 0 radical (unpaired) electrons. The lowest BCUT2D eigenvalue weighted by Crippen LogP contribution is -2.43. The van der Waals surface area contributed by atoms with E-state index in [9.17, 15) is 27.2 Å². The fraction of sp³-hybridized carbons (Fsp3) is 0.524. The largest absolute Gasteiger partial charge is 0.343 e. The average Bonchev–Trinajstić information content (AvgIpc) is 3.06. The summed E-state index contributed by atoms with van der Waals surface area (Å²) in [5.74, 6) is -7.17. The van der Waals surface area contributed by atoms with Crippen LogP contribution in [0.4, 0.5) is 17.6 Å². The maximum atomic E-state index is 13.5. The maximum Gasteiger partial charge on any atom is 0.268 e. The first-order valence-electron chi connectivity index (χ1n) is 9.95. The molecule has 0 spiro atoms. The van der Waals surface area contributed by atoms with Gasteiger partial charge in [-0.15, -0.1) is 0 Å². The topological polar surface area (TPSA) is 86.1 Å².